The molecule has 0 radical (unpaired) electrons. The van der Waals surface area contributed by atoms with E-state index < -0.39 is 58.2 Å². The fourth-order valence-electron chi connectivity index (χ4n) is 10.6. The molecule has 0 saturated heterocycles. The quantitative estimate of drug-likeness (QED) is 0.0101. The summed E-state index contributed by atoms with van der Waals surface area (Å²) in [6.07, 6.45) is 32.9. The summed E-state index contributed by atoms with van der Waals surface area (Å²) in [6.45, 7) is 62.8. The molecule has 1 heterocycles. The molecule has 0 saturated carbocycles. The first-order chi connectivity index (χ1) is 62.8. The zero-order valence-electron chi connectivity index (χ0n) is 87.7. The summed E-state index contributed by atoms with van der Waals surface area (Å²) >= 11 is 0. The van der Waals surface area contributed by atoms with E-state index in [0.29, 0.717) is 53.9 Å². The minimum Gasteiger partial charge on any atom is -0.507 e. The second kappa shape index (κ2) is 65.3. The van der Waals surface area contributed by atoms with Crippen LogP contribution in [0, 0.1) is 34.0 Å². The van der Waals surface area contributed by atoms with Crippen molar-refractivity contribution in [3.8, 4) is 34.5 Å². The van der Waals surface area contributed by atoms with Gasteiger partial charge in [0.15, 0.2) is 23.1 Å². The normalized spacial score (nSPS) is 12.4. The van der Waals surface area contributed by atoms with Gasteiger partial charge < -0.3 is 76.5 Å². The number of aliphatic hydroxyl groups excluding tert-OH is 3. The largest absolute Gasteiger partial charge is 0.507 e. The molecule has 3 atom stereocenters. The van der Waals surface area contributed by atoms with Gasteiger partial charge in [0.05, 0.1) is 24.5 Å². The topological polar surface area (TPSA) is 452 Å². The number of amides is 2. The molecule has 137 heavy (non-hydrogen) atoms. The number of para-hydroxylation sites is 2. The Labute approximate surface area is 818 Å². The number of aromatic hydroxyl groups is 4. The maximum Gasteiger partial charge on any atom is 0.339 e. The van der Waals surface area contributed by atoms with Crippen molar-refractivity contribution in [3.05, 3.63) is 217 Å². The summed E-state index contributed by atoms with van der Waals surface area (Å²) in [5.41, 5.74) is 0.598. The lowest BCUT2D eigenvalue weighted by atomic mass is 9.83. The van der Waals surface area contributed by atoms with Crippen LogP contribution >= 0.6 is 0 Å². The van der Waals surface area contributed by atoms with Crippen LogP contribution in [0.25, 0.3) is 0 Å². The highest BCUT2D eigenvalue weighted by Gasteiger charge is 2.34. The van der Waals surface area contributed by atoms with Crippen LogP contribution in [-0.2, 0) is 57.9 Å². The van der Waals surface area contributed by atoms with Gasteiger partial charge in [-0.15, -0.1) is 13.2 Å². The number of rotatable bonds is 36. The third kappa shape index (κ3) is 66.6. The highest BCUT2D eigenvalue weighted by Crippen LogP contribution is 2.31. The SMILES string of the molecule is C=CC/C=C\C/C=C\C/C=C\CC(=O)C(C)(C)C.C=CC/C=C\C/C=C\CC.CC(=O)N[C@@H](CC(=O)C(C)(C)C)C(=O)O.CC(=O)Nc1ccc(OC(C)(C)C)cc1.CC(C)(C)C(=O)CCCC(=O)[C@H](O)C(C)(C)CO.CC(C)(C)C(=O)c1ccccc1O.CC(C)(C)N[C@@H](Cc1ccc(O)c(O)c1)C(=O)O.CC(C)(C)Oc1ccccc1C(=O)O.Cc1ncc(CO)c(CNC(C)(C)C)c1O. The van der Waals surface area contributed by atoms with Gasteiger partial charge in [0.25, 0.3) is 0 Å². The Morgan fingerprint density at radius 3 is 1.36 bits per heavy atom. The predicted molar refractivity (Wildman–Crippen MR) is 551 cm³/mol. The van der Waals surface area contributed by atoms with Gasteiger partial charge in [-0.05, 0) is 208 Å². The number of aryl methyl sites for hydroxylation is 1. The van der Waals surface area contributed by atoms with Crippen molar-refractivity contribution in [1.29, 1.82) is 0 Å². The lowest BCUT2D eigenvalue weighted by molar-refractivity contribution is -0.144. The van der Waals surface area contributed by atoms with Gasteiger partial charge in [0, 0.05) is 107 Å². The Balaban J connectivity index is -0.000000729. The van der Waals surface area contributed by atoms with Crippen LogP contribution in [0.15, 0.2) is 183 Å². The number of aliphatic hydroxyl groups is 3. The second-order valence-corrected chi connectivity index (χ2v) is 41.2. The molecular formula is C110H169N5O22. The highest BCUT2D eigenvalue weighted by molar-refractivity contribution is 6.02. The minimum absolute atomic E-state index is 0.0314. The first-order valence-electron chi connectivity index (χ1n) is 46.1. The number of aromatic nitrogens is 1. The number of anilines is 1. The number of hydrogen-bond acceptors (Lipinski definition) is 22. The number of carbonyl (C=O) groups excluding carboxylic acids is 7. The van der Waals surface area contributed by atoms with Gasteiger partial charge in [0.1, 0.15) is 75.3 Å². The van der Waals surface area contributed by atoms with Crippen molar-refractivity contribution in [2.45, 2.75) is 338 Å². The first-order valence-corrected chi connectivity index (χ1v) is 46.1. The molecule has 27 heteroatoms. The molecule has 14 N–H and O–H groups in total. The molecule has 0 bridgehead atoms. The third-order valence-corrected chi connectivity index (χ3v) is 18.4. The number of phenols is 3. The van der Waals surface area contributed by atoms with Gasteiger partial charge in [-0.25, -0.2) is 9.59 Å². The summed E-state index contributed by atoms with van der Waals surface area (Å²) < 4.78 is 11.2. The number of nitrogens with one attached hydrogen (secondary N) is 4. The van der Waals surface area contributed by atoms with E-state index in [1.165, 1.54) is 38.1 Å². The lowest BCUT2D eigenvalue weighted by Crippen LogP contribution is -2.48. The third-order valence-electron chi connectivity index (χ3n) is 18.4. The molecule has 4 aromatic carbocycles. The molecule has 5 rings (SSSR count). The number of ether oxygens (including phenoxy) is 2. The van der Waals surface area contributed by atoms with Crippen LogP contribution in [0.5, 0.6) is 34.5 Å². The van der Waals surface area contributed by atoms with E-state index in [1.807, 2.05) is 173 Å². The number of benzene rings is 4. The van der Waals surface area contributed by atoms with Crippen molar-refractivity contribution in [2.75, 3.05) is 11.9 Å². The number of aliphatic carboxylic acids is 2. The molecule has 0 fully saturated rings. The average Bonchev–Trinajstić information content (AvgIpc) is 0.822. The number of pyridine rings is 1. The zero-order chi connectivity index (χ0) is 107. The fraction of sp³-hybridized carbons (Fsp3) is 0.518. The van der Waals surface area contributed by atoms with Crippen molar-refractivity contribution in [3.63, 3.8) is 0 Å². The number of carboxylic acids is 3. The summed E-state index contributed by atoms with van der Waals surface area (Å²) in [5.74, 6) is -2.78. The highest BCUT2D eigenvalue weighted by atomic mass is 16.5. The number of aromatic carboxylic acids is 1. The molecule has 5 aromatic rings. The van der Waals surface area contributed by atoms with Crippen molar-refractivity contribution >= 4 is 64.3 Å². The Hall–Kier alpha value is -11.5. The number of nitrogens with zero attached hydrogens (tertiary/aromatic N) is 1. The molecule has 0 unspecified atom stereocenters. The van der Waals surface area contributed by atoms with E-state index in [0.717, 1.165) is 55.5 Å². The van der Waals surface area contributed by atoms with Crippen LogP contribution in [0.2, 0.25) is 0 Å². The Bertz CT molecular complexity index is 4670. The van der Waals surface area contributed by atoms with Crippen molar-refractivity contribution in [2.24, 2.45) is 27.1 Å². The molecule has 766 valence electrons. The van der Waals surface area contributed by atoms with E-state index >= 15 is 0 Å². The fourth-order valence-corrected chi connectivity index (χ4v) is 10.6. The van der Waals surface area contributed by atoms with Crippen molar-refractivity contribution in [1.82, 2.24) is 20.9 Å². The van der Waals surface area contributed by atoms with Crippen molar-refractivity contribution < 1.29 is 108 Å². The number of allylic oxidation sites excluding steroid dienone is 12. The molecule has 0 aliphatic rings. The number of ketones is 5. The molecule has 0 aliphatic carbocycles. The number of carbonyl (C=O) groups is 10. The number of phenolic OH excluding ortho intramolecular Hbond substituents is 3. The molecule has 0 aliphatic heterocycles. The van der Waals surface area contributed by atoms with Gasteiger partial charge in [0.2, 0.25) is 11.8 Å². The smallest absolute Gasteiger partial charge is 0.339 e. The maximum absolute atomic E-state index is 11.7. The monoisotopic (exact) mass is 1910 g/mol. The van der Waals surface area contributed by atoms with Gasteiger partial charge in [-0.2, -0.15) is 0 Å². The van der Waals surface area contributed by atoms with E-state index in [2.05, 4.69) is 116 Å². The van der Waals surface area contributed by atoms with Gasteiger partial charge in [-0.3, -0.25) is 48.7 Å². The van der Waals surface area contributed by atoms with E-state index in [4.69, 9.17) is 29.9 Å². The summed E-state index contributed by atoms with van der Waals surface area (Å²) in [5, 5.41) is 104. The number of hydrogen-bond donors (Lipinski definition) is 14. The summed E-state index contributed by atoms with van der Waals surface area (Å²) in [7, 11) is 0. The van der Waals surface area contributed by atoms with E-state index in [1.54, 1.807) is 90.2 Å². The van der Waals surface area contributed by atoms with Crippen LogP contribution < -0.4 is 30.7 Å². The zero-order valence-corrected chi connectivity index (χ0v) is 87.7. The molecule has 2 amide bonds. The Morgan fingerprint density at radius 2 is 0.964 bits per heavy atom. The van der Waals surface area contributed by atoms with Crippen LogP contribution in [-0.4, -0.2) is 162 Å². The van der Waals surface area contributed by atoms with Crippen LogP contribution in [0.1, 0.15) is 315 Å². The number of carboxylic acid groups (broad SMARTS) is 3. The van der Waals surface area contributed by atoms with Crippen LogP contribution in [0.4, 0.5) is 5.69 Å². The first kappa shape index (κ1) is 132. The van der Waals surface area contributed by atoms with Gasteiger partial charge >= 0.3 is 17.9 Å². The predicted octanol–water partition coefficient (Wildman–Crippen LogP) is 21.8. The second-order valence-electron chi connectivity index (χ2n) is 41.2. The molecule has 1 aromatic heterocycles. The minimum atomic E-state index is -1.19. The standard InChI is InChI=1S/C17H26O.C14H26O4.C13H19NO4.C12H20N2O2.C12H17NO2.C11H14O3.C11H14O2.C10H17NO4.C10H16/c1-5-6-7-8-9-10-11-12-13-14-15-16(18)17(2,3)4;1-13(2,3)11(17)8-6-7-10(16)12(18)14(4,5)9-15;1-13(2,3)14-9(12(17)18)6-8-4-5-10(15)11(16)7-8;1-8-11(16)10(6-14-12(2,3)4)9(7-15)5-13-8;1-9(14)13-10-5-7-11(8-6-10)15-12(2,3)4;1-11(2,3)14-9-7-5-4-6-8(9)10(12)13;1-11(2,3)10(13)8-6-4-5-7-9(8)12;1-6(12)11-7(9(14)15)5-8(13)10(2,3)4;1-3-5-7-9-10-8-6-4-2/h5,7-8,10-11,13-14H,1,6,9,12,15H2,2-4H3;12,15,18H,6-9H2,1-5H3;4-5,7,9,14-16H,6H2,1-3H3,(H,17,18);5,14-16H,6-7H2,1-4H3;5-8H,1-4H3,(H,13,14);4-7H,1-3H3,(H,12,13);4-7,12H,1-3H3;7H,5H2,1-4H3,(H,11,12)(H,14,15);3,6-9H,1,4-5,10H2,2H3/b8-7-,11-10-,14-13-;;;;;;;;8-6-,9-7-/t;12-;9-;;;;;7-;/m.00....0./s1. The lowest BCUT2D eigenvalue weighted by Gasteiger charge is -2.27. The van der Waals surface area contributed by atoms with Crippen LogP contribution in [0.3, 0.4) is 0 Å². The Morgan fingerprint density at radius 1 is 0.496 bits per heavy atom. The van der Waals surface area contributed by atoms with E-state index in [9.17, 15) is 78.6 Å². The summed E-state index contributed by atoms with van der Waals surface area (Å²) in [6, 6.07) is 23.0. The number of Topliss-reactive ketones (excluding diaryl/α,β-unsaturated/α-hetero) is 5. The summed E-state index contributed by atoms with van der Waals surface area (Å²) in [4.78, 5) is 116. The molecule has 0 spiro atoms. The van der Waals surface area contributed by atoms with Gasteiger partial charge in [-0.1, -0.05) is 207 Å². The molecular weight excluding hydrogens is 1740 g/mol. The Kier molecular flexibility index (Phi) is 62.8. The average molecular weight is 1910 g/mol. The molecule has 27 nitrogen and oxygen atoms in total. The maximum atomic E-state index is 11.7. The van der Waals surface area contributed by atoms with E-state index in [-0.39, 0.29) is 129 Å².